The summed E-state index contributed by atoms with van der Waals surface area (Å²) in [5.74, 6) is -0.626. The fourth-order valence-corrected chi connectivity index (χ4v) is 2.40. The second-order valence-corrected chi connectivity index (χ2v) is 5.19. The number of anilines is 1. The Bertz CT molecular complexity index is 476. The van der Waals surface area contributed by atoms with Crippen LogP contribution in [0.2, 0.25) is 0 Å². The molecule has 1 aliphatic rings. The molecule has 0 radical (unpaired) electrons. The van der Waals surface area contributed by atoms with Crippen LogP contribution in [0.3, 0.4) is 0 Å². The molecule has 7 heteroatoms. The first-order valence-corrected chi connectivity index (χ1v) is 6.42. The summed E-state index contributed by atoms with van der Waals surface area (Å²) in [5.41, 5.74) is 6.04. The van der Waals surface area contributed by atoms with E-state index in [0.29, 0.717) is 18.8 Å². The van der Waals surface area contributed by atoms with Crippen LogP contribution in [0.25, 0.3) is 0 Å². The summed E-state index contributed by atoms with van der Waals surface area (Å²) in [4.78, 5) is 12.3. The van der Waals surface area contributed by atoms with Gasteiger partial charge in [-0.3, -0.25) is 10.1 Å². The molecular formula is C11H13BrFN3O2. The average Bonchev–Trinajstić information content (AvgIpc) is 2.33. The highest BCUT2D eigenvalue weighted by Gasteiger charge is 2.25. The Labute approximate surface area is 112 Å². The van der Waals surface area contributed by atoms with Crippen LogP contribution in [-0.2, 0) is 0 Å². The van der Waals surface area contributed by atoms with Crippen LogP contribution in [0, 0.1) is 15.9 Å². The summed E-state index contributed by atoms with van der Waals surface area (Å²) in [6.07, 6.45) is 1.57. The summed E-state index contributed by atoms with van der Waals surface area (Å²) in [6.45, 7) is 1.31. The number of nitro groups is 1. The minimum absolute atomic E-state index is 0.143. The molecule has 0 unspecified atom stereocenters. The van der Waals surface area contributed by atoms with Crippen molar-refractivity contribution in [2.75, 3.05) is 18.0 Å². The number of benzene rings is 1. The third kappa shape index (κ3) is 2.62. The van der Waals surface area contributed by atoms with Gasteiger partial charge in [0.25, 0.3) is 5.69 Å². The highest BCUT2D eigenvalue weighted by molar-refractivity contribution is 9.10. The van der Waals surface area contributed by atoms with Crippen molar-refractivity contribution in [1.29, 1.82) is 0 Å². The Morgan fingerprint density at radius 3 is 2.61 bits per heavy atom. The predicted octanol–water partition coefficient (Wildman–Crippen LogP) is 2.42. The molecule has 1 aliphatic heterocycles. The van der Waals surface area contributed by atoms with Crippen molar-refractivity contribution in [3.05, 3.63) is 32.5 Å². The topological polar surface area (TPSA) is 72.4 Å². The number of halogens is 2. The molecule has 1 saturated heterocycles. The van der Waals surface area contributed by atoms with Gasteiger partial charge in [0, 0.05) is 19.1 Å². The zero-order valence-corrected chi connectivity index (χ0v) is 11.2. The van der Waals surface area contributed by atoms with Crippen molar-refractivity contribution < 1.29 is 9.31 Å². The summed E-state index contributed by atoms with van der Waals surface area (Å²) in [5, 5.41) is 11.0. The van der Waals surface area contributed by atoms with E-state index >= 15 is 0 Å². The molecule has 2 N–H and O–H groups in total. The van der Waals surface area contributed by atoms with Gasteiger partial charge in [-0.05, 0) is 34.8 Å². The molecule has 1 fully saturated rings. The van der Waals surface area contributed by atoms with Gasteiger partial charge in [-0.25, -0.2) is 4.39 Å². The number of nitro benzene ring substituents is 1. The van der Waals surface area contributed by atoms with Gasteiger partial charge < -0.3 is 10.6 Å². The number of rotatable bonds is 2. The summed E-state index contributed by atoms with van der Waals surface area (Å²) in [6, 6.07) is 2.56. The molecule has 18 heavy (non-hydrogen) atoms. The van der Waals surface area contributed by atoms with E-state index in [0.717, 1.165) is 18.9 Å². The molecule has 0 bridgehead atoms. The Hall–Kier alpha value is -1.21. The molecule has 1 aromatic rings. The SMILES string of the molecule is NC1CCN(c2cc(Br)c(F)cc2[N+](=O)[O-])CC1. The maximum absolute atomic E-state index is 13.4. The molecule has 0 aromatic heterocycles. The highest BCUT2D eigenvalue weighted by atomic mass is 79.9. The molecule has 98 valence electrons. The van der Waals surface area contributed by atoms with Gasteiger partial charge in [0.05, 0.1) is 15.5 Å². The Morgan fingerprint density at radius 2 is 2.06 bits per heavy atom. The minimum atomic E-state index is -0.626. The van der Waals surface area contributed by atoms with Crippen LogP contribution in [0.1, 0.15) is 12.8 Å². The Balaban J connectivity index is 2.36. The number of nitrogens with two attached hydrogens (primary N) is 1. The van der Waals surface area contributed by atoms with Gasteiger partial charge in [0.1, 0.15) is 11.5 Å². The molecule has 0 spiro atoms. The fraction of sp³-hybridized carbons (Fsp3) is 0.455. The summed E-state index contributed by atoms with van der Waals surface area (Å²) in [7, 11) is 0. The highest BCUT2D eigenvalue weighted by Crippen LogP contribution is 2.34. The Morgan fingerprint density at radius 1 is 1.44 bits per heavy atom. The van der Waals surface area contributed by atoms with Crippen molar-refractivity contribution in [1.82, 2.24) is 0 Å². The summed E-state index contributed by atoms with van der Waals surface area (Å²) >= 11 is 3.06. The second kappa shape index (κ2) is 5.19. The van der Waals surface area contributed by atoms with Gasteiger partial charge in [0.15, 0.2) is 0 Å². The fourth-order valence-electron chi connectivity index (χ4n) is 2.07. The lowest BCUT2D eigenvalue weighted by atomic mass is 10.1. The molecule has 0 saturated carbocycles. The van der Waals surface area contributed by atoms with Crippen molar-refractivity contribution >= 4 is 27.3 Å². The molecule has 1 heterocycles. The van der Waals surface area contributed by atoms with E-state index in [-0.39, 0.29) is 16.2 Å². The minimum Gasteiger partial charge on any atom is -0.366 e. The smallest absolute Gasteiger partial charge is 0.295 e. The quantitative estimate of drug-likeness (QED) is 0.671. The van der Waals surface area contributed by atoms with E-state index in [2.05, 4.69) is 15.9 Å². The van der Waals surface area contributed by atoms with E-state index in [1.54, 1.807) is 0 Å². The maximum atomic E-state index is 13.4. The lowest BCUT2D eigenvalue weighted by Gasteiger charge is -2.31. The molecule has 2 rings (SSSR count). The first-order valence-electron chi connectivity index (χ1n) is 5.63. The largest absolute Gasteiger partial charge is 0.366 e. The van der Waals surface area contributed by atoms with Gasteiger partial charge in [-0.1, -0.05) is 0 Å². The zero-order valence-electron chi connectivity index (χ0n) is 9.60. The third-order valence-corrected chi connectivity index (χ3v) is 3.70. The van der Waals surface area contributed by atoms with E-state index in [1.165, 1.54) is 6.07 Å². The van der Waals surface area contributed by atoms with Crippen LogP contribution >= 0.6 is 15.9 Å². The van der Waals surface area contributed by atoms with Crippen molar-refractivity contribution in [3.63, 3.8) is 0 Å². The first-order chi connectivity index (χ1) is 8.49. The molecule has 0 aliphatic carbocycles. The van der Waals surface area contributed by atoms with Gasteiger partial charge in [-0.15, -0.1) is 0 Å². The lowest BCUT2D eigenvalue weighted by molar-refractivity contribution is -0.384. The second-order valence-electron chi connectivity index (χ2n) is 4.34. The number of hydrogen-bond acceptors (Lipinski definition) is 4. The van der Waals surface area contributed by atoms with Crippen molar-refractivity contribution in [3.8, 4) is 0 Å². The number of nitrogens with zero attached hydrogens (tertiary/aromatic N) is 2. The lowest BCUT2D eigenvalue weighted by Crippen LogP contribution is -2.39. The molecule has 0 atom stereocenters. The molecular weight excluding hydrogens is 305 g/mol. The third-order valence-electron chi connectivity index (χ3n) is 3.09. The monoisotopic (exact) mass is 317 g/mol. The van der Waals surface area contributed by atoms with Crippen molar-refractivity contribution in [2.45, 2.75) is 18.9 Å². The number of hydrogen-bond donors (Lipinski definition) is 1. The van der Waals surface area contributed by atoms with Crippen LogP contribution in [0.5, 0.6) is 0 Å². The van der Waals surface area contributed by atoms with E-state index in [4.69, 9.17) is 5.73 Å². The zero-order chi connectivity index (χ0) is 13.3. The van der Waals surface area contributed by atoms with E-state index in [1.807, 2.05) is 4.90 Å². The van der Waals surface area contributed by atoms with Gasteiger partial charge in [-0.2, -0.15) is 0 Å². The predicted molar refractivity (Wildman–Crippen MR) is 70.2 cm³/mol. The number of piperidine rings is 1. The van der Waals surface area contributed by atoms with Crippen molar-refractivity contribution in [2.24, 2.45) is 5.73 Å². The Kier molecular flexibility index (Phi) is 3.82. The van der Waals surface area contributed by atoms with Gasteiger partial charge in [0.2, 0.25) is 0 Å². The maximum Gasteiger partial charge on any atom is 0.295 e. The van der Waals surface area contributed by atoms with E-state index < -0.39 is 10.7 Å². The molecule has 0 amide bonds. The van der Waals surface area contributed by atoms with Gasteiger partial charge >= 0.3 is 0 Å². The normalized spacial score (nSPS) is 16.9. The van der Waals surface area contributed by atoms with Crippen LogP contribution in [0.15, 0.2) is 16.6 Å². The molecule has 1 aromatic carbocycles. The van der Waals surface area contributed by atoms with Crippen LogP contribution < -0.4 is 10.6 Å². The van der Waals surface area contributed by atoms with Crippen LogP contribution in [-0.4, -0.2) is 24.1 Å². The van der Waals surface area contributed by atoms with E-state index in [9.17, 15) is 14.5 Å². The first kappa shape index (κ1) is 13.2. The summed E-state index contributed by atoms with van der Waals surface area (Å²) < 4.78 is 13.6. The molecule has 5 nitrogen and oxygen atoms in total. The standard InChI is InChI=1S/C11H13BrFN3O2/c12-8-5-10(11(16(17)18)6-9(8)13)15-3-1-7(14)2-4-15/h5-7H,1-4,14H2. The average molecular weight is 318 g/mol. The van der Waals surface area contributed by atoms with Crippen LogP contribution in [0.4, 0.5) is 15.8 Å².